The Kier molecular flexibility index (Phi) is 3.51. The molecular weight excluding hydrogens is 273 g/mol. The Hall–Kier alpha value is -1.42. The average Bonchev–Trinajstić information content (AvgIpc) is 2.28. The summed E-state index contributed by atoms with van der Waals surface area (Å²) in [4.78, 5) is 4.00. The van der Waals surface area contributed by atoms with E-state index in [9.17, 15) is 4.39 Å². The van der Waals surface area contributed by atoms with E-state index in [2.05, 4.69) is 20.9 Å². The standard InChI is InChI=1S/C12H9BrFNO/c13-10-5-9(6-15-7-10)8-16-12-4-2-1-3-11(12)14/h1-7H,8H2. The Morgan fingerprint density at radius 2 is 2.06 bits per heavy atom. The van der Waals surface area contributed by atoms with Gasteiger partial charge < -0.3 is 4.74 Å². The van der Waals surface area contributed by atoms with Crippen LogP contribution in [0.4, 0.5) is 4.39 Å². The first kappa shape index (κ1) is 11.1. The van der Waals surface area contributed by atoms with Gasteiger partial charge in [0.1, 0.15) is 6.61 Å². The van der Waals surface area contributed by atoms with Gasteiger partial charge in [0.15, 0.2) is 11.6 Å². The highest BCUT2D eigenvalue weighted by molar-refractivity contribution is 9.10. The molecule has 0 saturated carbocycles. The second-order valence-electron chi connectivity index (χ2n) is 3.23. The van der Waals surface area contributed by atoms with Gasteiger partial charge in [0.2, 0.25) is 0 Å². The van der Waals surface area contributed by atoms with Gasteiger partial charge in [-0.2, -0.15) is 0 Å². The van der Waals surface area contributed by atoms with Crippen molar-refractivity contribution in [2.45, 2.75) is 6.61 Å². The van der Waals surface area contributed by atoms with Crippen LogP contribution >= 0.6 is 15.9 Å². The number of pyridine rings is 1. The predicted molar refractivity (Wildman–Crippen MR) is 62.7 cm³/mol. The zero-order valence-corrected chi connectivity index (χ0v) is 9.95. The van der Waals surface area contributed by atoms with Crippen molar-refractivity contribution < 1.29 is 9.13 Å². The van der Waals surface area contributed by atoms with Crippen molar-refractivity contribution in [1.82, 2.24) is 4.98 Å². The third-order valence-electron chi connectivity index (χ3n) is 1.99. The Bertz CT molecular complexity index is 490. The molecular formula is C12H9BrFNO. The first-order chi connectivity index (χ1) is 7.75. The smallest absolute Gasteiger partial charge is 0.165 e. The molecule has 2 rings (SSSR count). The number of hydrogen-bond acceptors (Lipinski definition) is 2. The molecule has 0 radical (unpaired) electrons. The number of ether oxygens (including phenoxy) is 1. The zero-order valence-electron chi connectivity index (χ0n) is 8.36. The van der Waals surface area contributed by atoms with Crippen molar-refractivity contribution >= 4 is 15.9 Å². The Morgan fingerprint density at radius 1 is 1.25 bits per heavy atom. The lowest BCUT2D eigenvalue weighted by molar-refractivity contribution is 0.290. The first-order valence-corrected chi connectivity index (χ1v) is 5.52. The highest BCUT2D eigenvalue weighted by Gasteiger charge is 2.02. The minimum atomic E-state index is -0.356. The Balaban J connectivity index is 2.05. The van der Waals surface area contributed by atoms with E-state index in [1.165, 1.54) is 6.07 Å². The Morgan fingerprint density at radius 3 is 2.81 bits per heavy atom. The van der Waals surface area contributed by atoms with Crippen LogP contribution in [0.25, 0.3) is 0 Å². The van der Waals surface area contributed by atoms with Crippen molar-refractivity contribution in [1.29, 1.82) is 0 Å². The highest BCUT2D eigenvalue weighted by Crippen LogP contribution is 2.17. The van der Waals surface area contributed by atoms with Crippen LogP contribution in [-0.2, 0) is 6.61 Å². The number of benzene rings is 1. The maximum Gasteiger partial charge on any atom is 0.165 e. The van der Waals surface area contributed by atoms with Crippen LogP contribution in [-0.4, -0.2) is 4.98 Å². The predicted octanol–water partition coefficient (Wildman–Crippen LogP) is 3.56. The number of aromatic nitrogens is 1. The van der Waals surface area contributed by atoms with Gasteiger partial charge >= 0.3 is 0 Å². The number of halogens is 2. The quantitative estimate of drug-likeness (QED) is 0.858. The SMILES string of the molecule is Fc1ccccc1OCc1cncc(Br)c1. The molecule has 2 nitrogen and oxygen atoms in total. The molecule has 0 aliphatic carbocycles. The number of hydrogen-bond donors (Lipinski definition) is 0. The molecule has 1 aromatic carbocycles. The number of rotatable bonds is 3. The van der Waals surface area contributed by atoms with E-state index < -0.39 is 0 Å². The molecule has 1 heterocycles. The van der Waals surface area contributed by atoms with Gasteiger partial charge in [-0.15, -0.1) is 0 Å². The Labute approximate surface area is 101 Å². The fourth-order valence-electron chi connectivity index (χ4n) is 1.26. The summed E-state index contributed by atoms with van der Waals surface area (Å²) >= 11 is 3.31. The molecule has 0 N–H and O–H groups in total. The fraction of sp³-hybridized carbons (Fsp3) is 0.0833. The van der Waals surface area contributed by atoms with E-state index in [1.807, 2.05) is 6.07 Å². The topological polar surface area (TPSA) is 22.1 Å². The fourth-order valence-corrected chi connectivity index (χ4v) is 1.67. The third-order valence-corrected chi connectivity index (χ3v) is 2.43. The summed E-state index contributed by atoms with van der Waals surface area (Å²) < 4.78 is 19.4. The van der Waals surface area contributed by atoms with Crippen LogP contribution in [0.2, 0.25) is 0 Å². The van der Waals surface area contributed by atoms with Gasteiger partial charge in [-0.25, -0.2) is 4.39 Å². The maximum atomic E-state index is 13.2. The molecule has 0 saturated heterocycles. The van der Waals surface area contributed by atoms with E-state index in [-0.39, 0.29) is 11.6 Å². The summed E-state index contributed by atoms with van der Waals surface area (Å²) in [6, 6.07) is 8.21. The summed E-state index contributed by atoms with van der Waals surface area (Å²) in [5.41, 5.74) is 0.887. The van der Waals surface area contributed by atoms with Crippen LogP contribution in [0.1, 0.15) is 5.56 Å². The van der Waals surface area contributed by atoms with Crippen LogP contribution in [0.3, 0.4) is 0 Å². The summed E-state index contributed by atoms with van der Waals surface area (Å²) in [5.74, 6) is -0.104. The van der Waals surface area contributed by atoms with Gasteiger partial charge in [-0.05, 0) is 34.1 Å². The summed E-state index contributed by atoms with van der Waals surface area (Å²) in [5, 5.41) is 0. The van der Waals surface area contributed by atoms with Gasteiger partial charge in [0.25, 0.3) is 0 Å². The molecule has 0 aliphatic rings. The molecule has 2 aromatic rings. The van der Waals surface area contributed by atoms with Crippen LogP contribution in [0.5, 0.6) is 5.75 Å². The van der Waals surface area contributed by atoms with Crippen molar-refractivity contribution in [3.8, 4) is 5.75 Å². The van der Waals surface area contributed by atoms with Crippen molar-refractivity contribution in [2.75, 3.05) is 0 Å². The maximum absolute atomic E-state index is 13.2. The zero-order chi connectivity index (χ0) is 11.4. The van der Waals surface area contributed by atoms with E-state index >= 15 is 0 Å². The highest BCUT2D eigenvalue weighted by atomic mass is 79.9. The summed E-state index contributed by atoms with van der Waals surface area (Å²) in [6.07, 6.45) is 3.37. The van der Waals surface area contributed by atoms with Crippen LogP contribution in [0.15, 0.2) is 47.2 Å². The van der Waals surface area contributed by atoms with Gasteiger partial charge in [0, 0.05) is 22.4 Å². The molecule has 82 valence electrons. The molecule has 0 atom stereocenters. The largest absolute Gasteiger partial charge is 0.486 e. The molecule has 0 bridgehead atoms. The molecule has 0 amide bonds. The van der Waals surface area contributed by atoms with Gasteiger partial charge in [0.05, 0.1) is 0 Å². The van der Waals surface area contributed by atoms with E-state index in [4.69, 9.17) is 4.74 Å². The summed E-state index contributed by atoms with van der Waals surface area (Å²) in [6.45, 7) is 0.299. The van der Waals surface area contributed by atoms with Crippen molar-refractivity contribution in [3.63, 3.8) is 0 Å². The first-order valence-electron chi connectivity index (χ1n) is 4.72. The van der Waals surface area contributed by atoms with Gasteiger partial charge in [-0.1, -0.05) is 12.1 Å². The van der Waals surface area contributed by atoms with E-state index in [0.717, 1.165) is 10.0 Å². The van der Waals surface area contributed by atoms with E-state index in [0.29, 0.717) is 6.61 Å². The number of nitrogens with zero attached hydrogens (tertiary/aromatic N) is 1. The lowest BCUT2D eigenvalue weighted by Gasteiger charge is -2.06. The molecule has 0 fully saturated rings. The van der Waals surface area contributed by atoms with Crippen molar-refractivity contribution in [2.24, 2.45) is 0 Å². The molecule has 1 aromatic heterocycles. The monoisotopic (exact) mass is 281 g/mol. The second kappa shape index (κ2) is 5.07. The summed E-state index contributed by atoms with van der Waals surface area (Å²) in [7, 11) is 0. The number of para-hydroxylation sites is 1. The second-order valence-corrected chi connectivity index (χ2v) is 4.15. The molecule has 0 aliphatic heterocycles. The van der Waals surface area contributed by atoms with E-state index in [1.54, 1.807) is 30.6 Å². The molecule has 4 heteroatoms. The lowest BCUT2D eigenvalue weighted by Crippen LogP contribution is -1.97. The molecule has 0 spiro atoms. The van der Waals surface area contributed by atoms with Crippen molar-refractivity contribution in [3.05, 3.63) is 58.6 Å². The average molecular weight is 282 g/mol. The molecule has 16 heavy (non-hydrogen) atoms. The minimum absolute atomic E-state index is 0.252. The third kappa shape index (κ3) is 2.79. The van der Waals surface area contributed by atoms with Crippen LogP contribution < -0.4 is 4.74 Å². The van der Waals surface area contributed by atoms with Gasteiger partial charge in [-0.3, -0.25) is 4.98 Å². The lowest BCUT2D eigenvalue weighted by atomic mass is 10.3. The van der Waals surface area contributed by atoms with Crippen LogP contribution in [0, 0.1) is 5.82 Å². The minimum Gasteiger partial charge on any atom is -0.486 e. The molecule has 0 unspecified atom stereocenters. The normalized spacial score (nSPS) is 10.1.